The van der Waals surface area contributed by atoms with Crippen LogP contribution in [0.1, 0.15) is 18.4 Å². The van der Waals surface area contributed by atoms with Gasteiger partial charge in [0.15, 0.2) is 0 Å². The molecule has 5 heteroatoms. The standard InChI is InChI=1S/C10H11NO3S/c12-9-2-1-8(10(13)14)11(9)5-7-3-4-15-6-7/h3-4,6,8H,1-2,5H2,(H,13,14). The molecule has 0 bridgehead atoms. The fourth-order valence-electron chi connectivity index (χ4n) is 1.77. The van der Waals surface area contributed by atoms with Crippen LogP contribution >= 0.6 is 11.3 Å². The largest absolute Gasteiger partial charge is 0.480 e. The van der Waals surface area contributed by atoms with Gasteiger partial charge in [-0.15, -0.1) is 0 Å². The normalized spacial score (nSPS) is 20.9. The first kappa shape index (κ1) is 10.2. The molecule has 0 aliphatic carbocycles. The van der Waals surface area contributed by atoms with Gasteiger partial charge in [0.1, 0.15) is 6.04 Å². The van der Waals surface area contributed by atoms with Crippen molar-refractivity contribution in [3.8, 4) is 0 Å². The van der Waals surface area contributed by atoms with Crippen LogP contribution in [-0.4, -0.2) is 27.9 Å². The van der Waals surface area contributed by atoms with Crippen molar-refractivity contribution >= 4 is 23.2 Å². The van der Waals surface area contributed by atoms with E-state index in [-0.39, 0.29) is 5.91 Å². The molecular weight excluding hydrogens is 214 g/mol. The third kappa shape index (κ3) is 2.02. The molecule has 1 unspecified atom stereocenters. The maximum absolute atomic E-state index is 11.5. The van der Waals surface area contributed by atoms with E-state index >= 15 is 0 Å². The molecule has 1 amide bonds. The Balaban J connectivity index is 2.11. The Kier molecular flexibility index (Phi) is 2.73. The van der Waals surface area contributed by atoms with Crippen LogP contribution in [0, 0.1) is 0 Å². The van der Waals surface area contributed by atoms with Gasteiger partial charge in [0.25, 0.3) is 0 Å². The number of carbonyl (C=O) groups is 2. The number of amides is 1. The third-order valence-corrected chi connectivity index (χ3v) is 3.28. The number of likely N-dealkylation sites (tertiary alicyclic amines) is 1. The van der Waals surface area contributed by atoms with Crippen molar-refractivity contribution in [1.82, 2.24) is 4.90 Å². The fourth-order valence-corrected chi connectivity index (χ4v) is 2.43. The van der Waals surface area contributed by atoms with Gasteiger partial charge in [-0.25, -0.2) is 4.79 Å². The highest BCUT2D eigenvalue weighted by Gasteiger charge is 2.35. The van der Waals surface area contributed by atoms with Crippen molar-refractivity contribution in [2.45, 2.75) is 25.4 Å². The van der Waals surface area contributed by atoms with Gasteiger partial charge >= 0.3 is 5.97 Å². The average molecular weight is 225 g/mol. The summed E-state index contributed by atoms with van der Waals surface area (Å²) in [6.45, 7) is 0.416. The van der Waals surface area contributed by atoms with E-state index in [1.54, 1.807) is 11.3 Å². The quantitative estimate of drug-likeness (QED) is 0.844. The molecule has 1 aliphatic heterocycles. The molecule has 1 aromatic rings. The SMILES string of the molecule is O=C(O)C1CCC(=O)N1Cc1ccsc1. The summed E-state index contributed by atoms with van der Waals surface area (Å²) in [6.07, 6.45) is 0.777. The van der Waals surface area contributed by atoms with Gasteiger partial charge in [0.2, 0.25) is 5.91 Å². The number of nitrogens with zero attached hydrogens (tertiary/aromatic N) is 1. The van der Waals surface area contributed by atoms with Crippen LogP contribution in [0.4, 0.5) is 0 Å². The van der Waals surface area contributed by atoms with Crippen molar-refractivity contribution in [2.24, 2.45) is 0 Å². The summed E-state index contributed by atoms with van der Waals surface area (Å²) >= 11 is 1.55. The highest BCUT2D eigenvalue weighted by Crippen LogP contribution is 2.22. The lowest BCUT2D eigenvalue weighted by atomic mass is 10.2. The van der Waals surface area contributed by atoms with Crippen LogP contribution < -0.4 is 0 Å². The Hall–Kier alpha value is -1.36. The molecule has 2 rings (SSSR count). The zero-order chi connectivity index (χ0) is 10.8. The molecule has 1 fully saturated rings. The number of carbonyl (C=O) groups excluding carboxylic acids is 1. The van der Waals surface area contributed by atoms with E-state index in [1.807, 2.05) is 16.8 Å². The molecular formula is C10H11NO3S. The molecule has 1 N–H and O–H groups in total. The Morgan fingerprint density at radius 2 is 2.47 bits per heavy atom. The maximum Gasteiger partial charge on any atom is 0.326 e. The predicted molar refractivity (Wildman–Crippen MR) is 55.5 cm³/mol. The maximum atomic E-state index is 11.5. The number of rotatable bonds is 3. The number of carboxylic acid groups (broad SMARTS) is 1. The van der Waals surface area contributed by atoms with Crippen LogP contribution in [0.25, 0.3) is 0 Å². The number of aliphatic carboxylic acids is 1. The molecule has 0 spiro atoms. The topological polar surface area (TPSA) is 57.6 Å². The molecule has 1 aromatic heterocycles. The highest BCUT2D eigenvalue weighted by molar-refractivity contribution is 7.07. The van der Waals surface area contributed by atoms with Crippen molar-refractivity contribution in [1.29, 1.82) is 0 Å². The molecule has 0 radical (unpaired) electrons. The second kappa shape index (κ2) is 4.02. The molecule has 4 nitrogen and oxygen atoms in total. The first-order chi connectivity index (χ1) is 7.18. The molecule has 0 saturated carbocycles. The smallest absolute Gasteiger partial charge is 0.326 e. The van der Waals surface area contributed by atoms with Crippen LogP contribution in [0.3, 0.4) is 0 Å². The molecule has 1 saturated heterocycles. The van der Waals surface area contributed by atoms with Gasteiger partial charge < -0.3 is 10.0 Å². The van der Waals surface area contributed by atoms with Crippen molar-refractivity contribution in [2.75, 3.05) is 0 Å². The molecule has 80 valence electrons. The lowest BCUT2D eigenvalue weighted by molar-refractivity contribution is -0.146. The van der Waals surface area contributed by atoms with Crippen LogP contribution in [0.15, 0.2) is 16.8 Å². The van der Waals surface area contributed by atoms with Crippen molar-refractivity contribution in [3.05, 3.63) is 22.4 Å². The lowest BCUT2D eigenvalue weighted by Crippen LogP contribution is -2.37. The van der Waals surface area contributed by atoms with Crippen molar-refractivity contribution < 1.29 is 14.7 Å². The molecule has 2 heterocycles. The molecule has 15 heavy (non-hydrogen) atoms. The fraction of sp³-hybridized carbons (Fsp3) is 0.400. The summed E-state index contributed by atoms with van der Waals surface area (Å²) in [5, 5.41) is 12.8. The van der Waals surface area contributed by atoms with E-state index < -0.39 is 12.0 Å². The van der Waals surface area contributed by atoms with Gasteiger partial charge in [0, 0.05) is 13.0 Å². The minimum atomic E-state index is -0.906. The third-order valence-electron chi connectivity index (χ3n) is 2.55. The minimum absolute atomic E-state index is 0.0615. The number of hydrogen-bond donors (Lipinski definition) is 1. The Morgan fingerprint density at radius 3 is 3.07 bits per heavy atom. The van der Waals surface area contributed by atoms with Gasteiger partial charge in [-0.3, -0.25) is 4.79 Å². The average Bonchev–Trinajstić information content (AvgIpc) is 2.78. The van der Waals surface area contributed by atoms with Gasteiger partial charge in [-0.05, 0) is 28.8 Å². The second-order valence-corrected chi connectivity index (χ2v) is 4.33. The summed E-state index contributed by atoms with van der Waals surface area (Å²) in [6, 6.07) is 1.27. The van der Waals surface area contributed by atoms with Gasteiger partial charge in [0.05, 0.1) is 0 Å². The van der Waals surface area contributed by atoms with E-state index in [0.29, 0.717) is 19.4 Å². The van der Waals surface area contributed by atoms with Gasteiger partial charge in [-0.2, -0.15) is 11.3 Å². The van der Waals surface area contributed by atoms with E-state index in [0.717, 1.165) is 5.56 Å². The number of carboxylic acids is 1. The Morgan fingerprint density at radius 1 is 1.67 bits per heavy atom. The first-order valence-corrected chi connectivity index (χ1v) is 5.66. The van der Waals surface area contributed by atoms with Gasteiger partial charge in [-0.1, -0.05) is 0 Å². The summed E-state index contributed by atoms with van der Waals surface area (Å²) in [5.74, 6) is -0.968. The first-order valence-electron chi connectivity index (χ1n) is 4.72. The summed E-state index contributed by atoms with van der Waals surface area (Å²) in [5.41, 5.74) is 1.00. The van der Waals surface area contributed by atoms with Crippen LogP contribution in [0.5, 0.6) is 0 Å². The molecule has 0 aromatic carbocycles. The summed E-state index contributed by atoms with van der Waals surface area (Å²) < 4.78 is 0. The monoisotopic (exact) mass is 225 g/mol. The molecule has 1 atom stereocenters. The highest BCUT2D eigenvalue weighted by atomic mass is 32.1. The zero-order valence-electron chi connectivity index (χ0n) is 8.05. The Bertz CT molecular complexity index is 374. The summed E-state index contributed by atoms with van der Waals surface area (Å²) in [7, 11) is 0. The van der Waals surface area contributed by atoms with E-state index in [4.69, 9.17) is 5.11 Å². The number of thiophene rings is 1. The van der Waals surface area contributed by atoms with E-state index in [2.05, 4.69) is 0 Å². The second-order valence-electron chi connectivity index (χ2n) is 3.55. The van der Waals surface area contributed by atoms with E-state index in [1.165, 1.54) is 4.90 Å². The van der Waals surface area contributed by atoms with E-state index in [9.17, 15) is 9.59 Å². The lowest BCUT2D eigenvalue weighted by Gasteiger charge is -2.20. The minimum Gasteiger partial charge on any atom is -0.480 e. The Labute approximate surface area is 91.1 Å². The molecule has 1 aliphatic rings. The zero-order valence-corrected chi connectivity index (χ0v) is 8.87. The number of hydrogen-bond acceptors (Lipinski definition) is 3. The van der Waals surface area contributed by atoms with Crippen LogP contribution in [0.2, 0.25) is 0 Å². The van der Waals surface area contributed by atoms with Crippen molar-refractivity contribution in [3.63, 3.8) is 0 Å². The predicted octanol–water partition coefficient (Wildman–Crippen LogP) is 1.32. The van der Waals surface area contributed by atoms with Crippen LogP contribution in [-0.2, 0) is 16.1 Å². The summed E-state index contributed by atoms with van der Waals surface area (Å²) in [4.78, 5) is 23.8.